The number of hydrogen-bond acceptors (Lipinski definition) is 4. The number of nitrogens with zero attached hydrogens (tertiary/aromatic N) is 2. The van der Waals surface area contributed by atoms with Crippen LogP contribution < -0.4 is 5.43 Å². The molecule has 64 valence electrons. The van der Waals surface area contributed by atoms with Crippen LogP contribution in [0.4, 0.5) is 0 Å². The first-order valence-electron chi connectivity index (χ1n) is 3.76. The van der Waals surface area contributed by atoms with Crippen LogP contribution in [0, 0.1) is 0 Å². The van der Waals surface area contributed by atoms with Crippen LogP contribution >= 0.6 is 0 Å². The molecule has 0 bridgehead atoms. The molecule has 0 aromatic heterocycles. The minimum Gasteiger partial charge on any atom is -0.389 e. The van der Waals surface area contributed by atoms with Gasteiger partial charge in [0.1, 0.15) is 6.17 Å². The van der Waals surface area contributed by atoms with Crippen molar-refractivity contribution in [3.05, 3.63) is 0 Å². The monoisotopic (exact) mass is 157 g/mol. The molecule has 1 unspecified atom stereocenters. The molecule has 0 amide bonds. The van der Waals surface area contributed by atoms with Gasteiger partial charge in [-0.15, -0.1) is 0 Å². The standard InChI is InChI=1S/C7H15N3O/c1-6-8-5-9-10(6)4-7(2,3)11/h5-6,11H,4H2,1-3H3,(H,8,9). The Balaban J connectivity index is 2.40. The van der Waals surface area contributed by atoms with Crippen LogP contribution in [0.1, 0.15) is 20.8 Å². The molecule has 0 aliphatic carbocycles. The Hall–Kier alpha value is -0.610. The molecule has 0 aromatic rings. The SMILES string of the molecule is CC1N=CNN1CC(C)(C)O. The summed E-state index contributed by atoms with van der Waals surface area (Å²) in [5.74, 6) is 0. The maximum Gasteiger partial charge on any atom is 0.118 e. The van der Waals surface area contributed by atoms with E-state index in [0.29, 0.717) is 6.54 Å². The number of hydrazine groups is 1. The quantitative estimate of drug-likeness (QED) is 0.591. The zero-order valence-electron chi connectivity index (χ0n) is 7.20. The van der Waals surface area contributed by atoms with Crippen LogP contribution in [0.15, 0.2) is 4.99 Å². The average molecular weight is 157 g/mol. The van der Waals surface area contributed by atoms with Crippen molar-refractivity contribution in [3.63, 3.8) is 0 Å². The van der Waals surface area contributed by atoms with E-state index in [2.05, 4.69) is 10.4 Å². The average Bonchev–Trinajstić information content (AvgIpc) is 2.12. The lowest BCUT2D eigenvalue weighted by atomic mass is 10.1. The first kappa shape index (κ1) is 8.49. The zero-order valence-corrected chi connectivity index (χ0v) is 7.20. The lowest BCUT2D eigenvalue weighted by molar-refractivity contribution is 0.0190. The maximum atomic E-state index is 9.46. The van der Waals surface area contributed by atoms with Crippen molar-refractivity contribution in [1.29, 1.82) is 0 Å². The zero-order chi connectivity index (χ0) is 8.48. The summed E-state index contributed by atoms with van der Waals surface area (Å²) in [6.45, 7) is 6.11. The lowest BCUT2D eigenvalue weighted by Crippen LogP contribution is -2.46. The molecule has 1 aliphatic rings. The van der Waals surface area contributed by atoms with Gasteiger partial charge in [0.05, 0.1) is 11.9 Å². The highest BCUT2D eigenvalue weighted by atomic mass is 16.3. The van der Waals surface area contributed by atoms with Crippen molar-refractivity contribution in [2.75, 3.05) is 6.54 Å². The molecule has 2 N–H and O–H groups in total. The minimum absolute atomic E-state index is 0.126. The van der Waals surface area contributed by atoms with Gasteiger partial charge in [-0.3, -0.25) is 4.99 Å². The van der Waals surface area contributed by atoms with Crippen LogP contribution in [0.5, 0.6) is 0 Å². The summed E-state index contributed by atoms with van der Waals surface area (Å²) in [5, 5.41) is 11.3. The Kier molecular flexibility index (Phi) is 2.15. The van der Waals surface area contributed by atoms with Crippen LogP contribution in [0.25, 0.3) is 0 Å². The highest BCUT2D eigenvalue weighted by Crippen LogP contribution is 2.08. The van der Waals surface area contributed by atoms with Crippen LogP contribution in [0.2, 0.25) is 0 Å². The summed E-state index contributed by atoms with van der Waals surface area (Å²) < 4.78 is 0. The minimum atomic E-state index is -0.672. The van der Waals surface area contributed by atoms with E-state index in [1.165, 1.54) is 0 Å². The molecule has 0 radical (unpaired) electrons. The molecule has 0 saturated carbocycles. The fourth-order valence-corrected chi connectivity index (χ4v) is 0.998. The van der Waals surface area contributed by atoms with E-state index in [4.69, 9.17) is 0 Å². The van der Waals surface area contributed by atoms with Crippen LogP contribution in [-0.4, -0.2) is 34.8 Å². The molecule has 1 rings (SSSR count). The summed E-state index contributed by atoms with van der Waals surface area (Å²) in [7, 11) is 0. The molecule has 0 spiro atoms. The molecule has 0 aromatic carbocycles. The second-order valence-electron chi connectivity index (χ2n) is 3.48. The third-order valence-corrected chi connectivity index (χ3v) is 1.52. The summed E-state index contributed by atoms with van der Waals surface area (Å²) in [6, 6.07) is 0. The molecule has 1 heterocycles. The summed E-state index contributed by atoms with van der Waals surface area (Å²) in [6.07, 6.45) is 1.78. The largest absolute Gasteiger partial charge is 0.389 e. The smallest absolute Gasteiger partial charge is 0.118 e. The molecular formula is C7H15N3O. The van der Waals surface area contributed by atoms with Crippen molar-refractivity contribution in [2.45, 2.75) is 32.5 Å². The Bertz CT molecular complexity index is 162. The summed E-state index contributed by atoms with van der Waals surface area (Å²) >= 11 is 0. The summed E-state index contributed by atoms with van der Waals surface area (Å²) in [4.78, 5) is 4.08. The van der Waals surface area contributed by atoms with Crippen molar-refractivity contribution in [1.82, 2.24) is 10.4 Å². The van der Waals surface area contributed by atoms with Crippen molar-refractivity contribution in [3.8, 4) is 0 Å². The first-order valence-corrected chi connectivity index (χ1v) is 3.76. The fraction of sp³-hybridized carbons (Fsp3) is 0.857. The van der Waals surface area contributed by atoms with Crippen molar-refractivity contribution in [2.24, 2.45) is 4.99 Å². The normalized spacial score (nSPS) is 25.6. The number of hydrogen-bond donors (Lipinski definition) is 2. The van der Waals surface area contributed by atoms with Gasteiger partial charge in [-0.05, 0) is 20.8 Å². The van der Waals surface area contributed by atoms with Crippen molar-refractivity contribution >= 4 is 6.34 Å². The van der Waals surface area contributed by atoms with Gasteiger partial charge in [0.15, 0.2) is 0 Å². The predicted molar refractivity (Wildman–Crippen MR) is 44.1 cm³/mol. The van der Waals surface area contributed by atoms with Gasteiger partial charge in [-0.1, -0.05) is 0 Å². The van der Waals surface area contributed by atoms with Gasteiger partial charge in [-0.2, -0.15) is 5.01 Å². The van der Waals surface area contributed by atoms with Gasteiger partial charge in [0, 0.05) is 6.54 Å². The van der Waals surface area contributed by atoms with Gasteiger partial charge in [-0.25, -0.2) is 0 Å². The van der Waals surface area contributed by atoms with Gasteiger partial charge in [0.2, 0.25) is 0 Å². The Labute approximate surface area is 66.9 Å². The van der Waals surface area contributed by atoms with Gasteiger partial charge < -0.3 is 10.5 Å². The van der Waals surface area contributed by atoms with E-state index in [0.717, 1.165) is 0 Å². The summed E-state index contributed by atoms with van der Waals surface area (Å²) in [5.41, 5.74) is 2.27. The third-order valence-electron chi connectivity index (χ3n) is 1.52. The lowest BCUT2D eigenvalue weighted by Gasteiger charge is -2.27. The van der Waals surface area contributed by atoms with Gasteiger partial charge in [0.25, 0.3) is 0 Å². The number of rotatable bonds is 2. The second kappa shape index (κ2) is 2.79. The van der Waals surface area contributed by atoms with E-state index < -0.39 is 5.60 Å². The number of aliphatic hydroxyl groups is 1. The third kappa shape index (κ3) is 2.48. The molecule has 11 heavy (non-hydrogen) atoms. The van der Waals surface area contributed by atoms with E-state index in [1.807, 2.05) is 11.9 Å². The van der Waals surface area contributed by atoms with Crippen molar-refractivity contribution < 1.29 is 5.11 Å². The van der Waals surface area contributed by atoms with E-state index in [-0.39, 0.29) is 6.17 Å². The second-order valence-corrected chi connectivity index (χ2v) is 3.48. The fourth-order valence-electron chi connectivity index (χ4n) is 0.998. The topological polar surface area (TPSA) is 47.9 Å². The first-order chi connectivity index (χ1) is 4.99. The number of β-amino-alcohol motifs (C(OH)–C–C–N with tert-alkyl or cyclic N) is 1. The maximum absolute atomic E-state index is 9.46. The van der Waals surface area contributed by atoms with Crippen LogP contribution in [0.3, 0.4) is 0 Å². The molecule has 0 saturated heterocycles. The molecule has 4 heteroatoms. The number of aliphatic imine (C=N–C) groups is 1. The Morgan fingerprint density at radius 3 is 2.73 bits per heavy atom. The van der Waals surface area contributed by atoms with Gasteiger partial charge >= 0.3 is 0 Å². The molecule has 0 fully saturated rings. The molecule has 1 atom stereocenters. The molecular weight excluding hydrogens is 142 g/mol. The van der Waals surface area contributed by atoms with Crippen LogP contribution in [-0.2, 0) is 0 Å². The highest BCUT2D eigenvalue weighted by Gasteiger charge is 2.23. The van der Waals surface area contributed by atoms with E-state index in [9.17, 15) is 5.11 Å². The predicted octanol–water partition coefficient (Wildman–Crippen LogP) is -0.0482. The molecule has 4 nitrogen and oxygen atoms in total. The Morgan fingerprint density at radius 1 is 1.73 bits per heavy atom. The van der Waals surface area contributed by atoms with E-state index in [1.54, 1.807) is 20.2 Å². The molecule has 1 aliphatic heterocycles. The van der Waals surface area contributed by atoms with E-state index >= 15 is 0 Å². The highest BCUT2D eigenvalue weighted by molar-refractivity contribution is 5.55. The Morgan fingerprint density at radius 2 is 2.36 bits per heavy atom. The number of nitrogens with one attached hydrogen (secondary N) is 1.